The highest BCUT2D eigenvalue weighted by molar-refractivity contribution is 5.78. The largest absolute Gasteiger partial charge is 0.393 e. The molecule has 1 saturated carbocycles. The van der Waals surface area contributed by atoms with Gasteiger partial charge in [-0.3, -0.25) is 9.69 Å². The monoisotopic (exact) mass is 332 g/mol. The number of aryl methyl sites for hydroxylation is 1. The molecule has 0 aromatic heterocycles. The quantitative estimate of drug-likeness (QED) is 0.857. The van der Waals surface area contributed by atoms with Gasteiger partial charge in [-0.25, -0.2) is 0 Å². The molecule has 5 nitrogen and oxygen atoms in total. The maximum absolute atomic E-state index is 12.4. The lowest BCUT2D eigenvalue weighted by Crippen LogP contribution is -2.53. The summed E-state index contributed by atoms with van der Waals surface area (Å²) >= 11 is 0. The van der Waals surface area contributed by atoms with E-state index in [9.17, 15) is 9.90 Å². The van der Waals surface area contributed by atoms with Gasteiger partial charge in [0, 0.05) is 25.0 Å². The van der Waals surface area contributed by atoms with Crippen LogP contribution < -0.4 is 5.32 Å². The average molecular weight is 332 g/mol. The number of benzene rings is 1. The predicted molar refractivity (Wildman–Crippen MR) is 92.6 cm³/mol. The molecule has 0 bridgehead atoms. The molecule has 3 rings (SSSR count). The Morgan fingerprint density at radius 3 is 3.04 bits per heavy atom. The van der Waals surface area contributed by atoms with Crippen molar-refractivity contribution in [3.05, 3.63) is 35.4 Å². The molecule has 1 saturated heterocycles. The molecular formula is C19H28N2O3. The highest BCUT2D eigenvalue weighted by atomic mass is 16.5. The van der Waals surface area contributed by atoms with Gasteiger partial charge in [-0.05, 0) is 25.3 Å². The van der Waals surface area contributed by atoms with Crippen LogP contribution >= 0.6 is 0 Å². The van der Waals surface area contributed by atoms with E-state index in [1.807, 2.05) is 12.1 Å². The maximum Gasteiger partial charge on any atom is 0.234 e. The minimum absolute atomic E-state index is 0.0379. The third-order valence-corrected chi connectivity index (χ3v) is 5.23. The number of amides is 1. The number of nitrogens with one attached hydrogen (secondary N) is 1. The SMILES string of the molecule is Cc1cccc(CNC(=O)CN2CCOCC2C2CCCC2O)c1. The van der Waals surface area contributed by atoms with E-state index in [2.05, 4.69) is 29.3 Å². The van der Waals surface area contributed by atoms with Gasteiger partial charge in [0.2, 0.25) is 5.91 Å². The van der Waals surface area contributed by atoms with Gasteiger partial charge < -0.3 is 15.2 Å². The molecule has 3 atom stereocenters. The summed E-state index contributed by atoms with van der Waals surface area (Å²) in [5.74, 6) is 0.269. The second kappa shape index (κ2) is 8.10. The summed E-state index contributed by atoms with van der Waals surface area (Å²) in [4.78, 5) is 14.5. The molecule has 0 radical (unpaired) electrons. The Morgan fingerprint density at radius 2 is 2.29 bits per heavy atom. The van der Waals surface area contributed by atoms with E-state index in [4.69, 9.17) is 4.74 Å². The van der Waals surface area contributed by atoms with Gasteiger partial charge in [-0.2, -0.15) is 0 Å². The molecule has 3 unspecified atom stereocenters. The second-order valence-electron chi connectivity index (χ2n) is 7.04. The van der Waals surface area contributed by atoms with Crippen LogP contribution in [0.2, 0.25) is 0 Å². The number of nitrogens with zero attached hydrogens (tertiary/aromatic N) is 1. The molecule has 0 spiro atoms. The highest BCUT2D eigenvalue weighted by Gasteiger charge is 2.38. The first kappa shape index (κ1) is 17.4. The van der Waals surface area contributed by atoms with Crippen molar-refractivity contribution in [3.8, 4) is 0 Å². The second-order valence-corrected chi connectivity index (χ2v) is 7.04. The van der Waals surface area contributed by atoms with Crippen LogP contribution in [-0.2, 0) is 16.1 Å². The van der Waals surface area contributed by atoms with E-state index in [0.29, 0.717) is 26.3 Å². The third kappa shape index (κ3) is 4.35. The standard InChI is InChI=1S/C19H28N2O3/c1-14-4-2-5-15(10-14)11-20-19(23)12-21-8-9-24-13-17(21)16-6-3-7-18(16)22/h2,4-5,10,16-18,22H,3,6-9,11-13H2,1H3,(H,20,23). The molecule has 1 aromatic rings. The molecule has 2 aliphatic rings. The Kier molecular flexibility index (Phi) is 5.87. The van der Waals surface area contributed by atoms with E-state index in [-0.39, 0.29) is 24.0 Å². The average Bonchev–Trinajstić information content (AvgIpc) is 2.99. The number of hydrogen-bond acceptors (Lipinski definition) is 4. The molecule has 1 aromatic carbocycles. The van der Waals surface area contributed by atoms with Crippen LogP contribution in [0.1, 0.15) is 30.4 Å². The number of ether oxygens (including phenoxy) is 1. The molecular weight excluding hydrogens is 304 g/mol. The van der Waals surface area contributed by atoms with Gasteiger partial charge >= 0.3 is 0 Å². The molecule has 24 heavy (non-hydrogen) atoms. The summed E-state index contributed by atoms with van der Waals surface area (Å²) in [5.41, 5.74) is 2.32. The van der Waals surface area contributed by atoms with Gasteiger partial charge in [0.25, 0.3) is 0 Å². The Hall–Kier alpha value is -1.43. The Balaban J connectivity index is 1.53. The van der Waals surface area contributed by atoms with Crippen LogP contribution in [0.5, 0.6) is 0 Å². The van der Waals surface area contributed by atoms with Crippen LogP contribution in [-0.4, -0.2) is 54.4 Å². The lowest BCUT2D eigenvalue weighted by Gasteiger charge is -2.39. The zero-order valence-electron chi connectivity index (χ0n) is 14.4. The number of aliphatic hydroxyl groups is 1. The number of carbonyl (C=O) groups excluding carboxylic acids is 1. The molecule has 1 amide bonds. The first-order valence-electron chi connectivity index (χ1n) is 8.95. The molecule has 1 aliphatic carbocycles. The van der Waals surface area contributed by atoms with Gasteiger partial charge in [0.1, 0.15) is 0 Å². The molecule has 1 aliphatic heterocycles. The summed E-state index contributed by atoms with van der Waals surface area (Å²) in [6.45, 7) is 5.02. The van der Waals surface area contributed by atoms with Crippen molar-refractivity contribution in [1.82, 2.24) is 10.2 Å². The molecule has 5 heteroatoms. The molecule has 132 valence electrons. The van der Waals surface area contributed by atoms with Gasteiger partial charge in [-0.15, -0.1) is 0 Å². The predicted octanol–water partition coefficient (Wildman–Crippen LogP) is 1.47. The third-order valence-electron chi connectivity index (χ3n) is 5.23. The van der Waals surface area contributed by atoms with E-state index in [1.165, 1.54) is 5.56 Å². The number of rotatable bonds is 5. The van der Waals surface area contributed by atoms with E-state index in [1.54, 1.807) is 0 Å². The Labute approximate surface area is 144 Å². The van der Waals surface area contributed by atoms with Crippen molar-refractivity contribution < 1.29 is 14.6 Å². The van der Waals surface area contributed by atoms with Crippen molar-refractivity contribution >= 4 is 5.91 Å². The summed E-state index contributed by atoms with van der Waals surface area (Å²) in [6, 6.07) is 8.33. The zero-order chi connectivity index (χ0) is 16.9. The Morgan fingerprint density at radius 1 is 1.42 bits per heavy atom. The van der Waals surface area contributed by atoms with Crippen molar-refractivity contribution in [3.63, 3.8) is 0 Å². The van der Waals surface area contributed by atoms with Crippen LogP contribution in [0.3, 0.4) is 0 Å². The topological polar surface area (TPSA) is 61.8 Å². The van der Waals surface area contributed by atoms with E-state index < -0.39 is 0 Å². The number of aliphatic hydroxyl groups excluding tert-OH is 1. The summed E-state index contributed by atoms with van der Waals surface area (Å²) in [5, 5.41) is 13.2. The number of morpholine rings is 1. The number of carbonyl (C=O) groups is 1. The van der Waals surface area contributed by atoms with Crippen LogP contribution in [0.25, 0.3) is 0 Å². The molecule has 2 fully saturated rings. The van der Waals surface area contributed by atoms with Crippen molar-refractivity contribution in [2.75, 3.05) is 26.3 Å². The molecule has 2 N–H and O–H groups in total. The van der Waals surface area contributed by atoms with E-state index in [0.717, 1.165) is 31.4 Å². The van der Waals surface area contributed by atoms with Gasteiger partial charge in [0.15, 0.2) is 0 Å². The van der Waals surface area contributed by atoms with Crippen molar-refractivity contribution in [1.29, 1.82) is 0 Å². The highest BCUT2D eigenvalue weighted by Crippen LogP contribution is 2.32. The smallest absolute Gasteiger partial charge is 0.234 e. The van der Waals surface area contributed by atoms with E-state index >= 15 is 0 Å². The maximum atomic E-state index is 12.4. The van der Waals surface area contributed by atoms with Crippen molar-refractivity contribution in [2.45, 2.75) is 44.9 Å². The molecule has 1 heterocycles. The summed E-state index contributed by atoms with van der Waals surface area (Å²) in [6.07, 6.45) is 2.70. The van der Waals surface area contributed by atoms with Crippen LogP contribution in [0, 0.1) is 12.8 Å². The van der Waals surface area contributed by atoms with Crippen LogP contribution in [0.4, 0.5) is 0 Å². The Bertz CT molecular complexity index is 563. The fourth-order valence-corrected chi connectivity index (χ4v) is 3.93. The van der Waals surface area contributed by atoms with Crippen molar-refractivity contribution in [2.24, 2.45) is 5.92 Å². The fourth-order valence-electron chi connectivity index (χ4n) is 3.93. The summed E-state index contributed by atoms with van der Waals surface area (Å²) < 4.78 is 5.61. The minimum atomic E-state index is -0.255. The van der Waals surface area contributed by atoms with Crippen LogP contribution in [0.15, 0.2) is 24.3 Å². The summed E-state index contributed by atoms with van der Waals surface area (Å²) in [7, 11) is 0. The van der Waals surface area contributed by atoms with Gasteiger partial charge in [0.05, 0.1) is 25.9 Å². The lowest BCUT2D eigenvalue weighted by molar-refractivity contribution is -0.126. The fraction of sp³-hybridized carbons (Fsp3) is 0.632. The minimum Gasteiger partial charge on any atom is -0.393 e. The number of hydrogen-bond donors (Lipinski definition) is 2. The van der Waals surface area contributed by atoms with Gasteiger partial charge in [-0.1, -0.05) is 36.2 Å². The lowest BCUT2D eigenvalue weighted by atomic mass is 9.94. The first-order chi connectivity index (χ1) is 11.6. The first-order valence-corrected chi connectivity index (χ1v) is 8.95. The zero-order valence-corrected chi connectivity index (χ0v) is 14.4. The normalized spacial score (nSPS) is 28.0.